The van der Waals surface area contributed by atoms with Crippen molar-refractivity contribution >= 4 is 11.8 Å². The van der Waals surface area contributed by atoms with E-state index in [1.54, 1.807) is 23.1 Å². The minimum Gasteiger partial charge on any atom is -0.345 e. The van der Waals surface area contributed by atoms with Crippen LogP contribution >= 0.6 is 0 Å². The Hall–Kier alpha value is -2.70. The lowest BCUT2D eigenvalue weighted by atomic mass is 10.1. The van der Waals surface area contributed by atoms with Gasteiger partial charge in [-0.2, -0.15) is 0 Å². The number of amides is 2. The van der Waals surface area contributed by atoms with Crippen LogP contribution in [0.4, 0.5) is 4.39 Å². The quantitative estimate of drug-likeness (QED) is 0.848. The van der Waals surface area contributed by atoms with Crippen molar-refractivity contribution in [1.29, 1.82) is 0 Å². The zero-order valence-corrected chi connectivity index (χ0v) is 15.8. The first kappa shape index (κ1) is 19.1. The molecule has 0 radical (unpaired) electrons. The van der Waals surface area contributed by atoms with Crippen LogP contribution in [0.25, 0.3) is 0 Å². The molecule has 6 nitrogen and oxygen atoms in total. The van der Waals surface area contributed by atoms with Gasteiger partial charge in [0.05, 0.1) is 5.69 Å². The number of nitrogens with one attached hydrogen (secondary N) is 1. The second-order valence-electron chi connectivity index (χ2n) is 6.59. The number of halogens is 1. The van der Waals surface area contributed by atoms with Gasteiger partial charge in [0.15, 0.2) is 5.82 Å². The number of carbonyl (C=O) groups is 2. The summed E-state index contributed by atoms with van der Waals surface area (Å²) >= 11 is 0. The number of rotatable bonds is 6. The van der Waals surface area contributed by atoms with Gasteiger partial charge in [-0.15, -0.1) is 0 Å². The van der Waals surface area contributed by atoms with Crippen molar-refractivity contribution in [3.8, 4) is 0 Å². The number of nitrogens with zero attached hydrogens (tertiary/aromatic N) is 3. The van der Waals surface area contributed by atoms with Crippen molar-refractivity contribution in [2.24, 2.45) is 0 Å². The van der Waals surface area contributed by atoms with Crippen molar-refractivity contribution in [1.82, 2.24) is 19.8 Å². The Labute approximate surface area is 158 Å². The van der Waals surface area contributed by atoms with E-state index < -0.39 is 0 Å². The van der Waals surface area contributed by atoms with E-state index >= 15 is 0 Å². The van der Waals surface area contributed by atoms with Crippen molar-refractivity contribution in [2.75, 3.05) is 13.1 Å². The van der Waals surface area contributed by atoms with Crippen LogP contribution in [0.1, 0.15) is 59.1 Å². The van der Waals surface area contributed by atoms with Gasteiger partial charge in [0.2, 0.25) is 0 Å². The molecule has 0 saturated carbocycles. The van der Waals surface area contributed by atoms with Crippen molar-refractivity contribution in [2.45, 2.75) is 46.2 Å². The zero-order chi connectivity index (χ0) is 19.4. The Morgan fingerprint density at radius 3 is 2.67 bits per heavy atom. The van der Waals surface area contributed by atoms with Gasteiger partial charge in [0.25, 0.3) is 11.8 Å². The molecule has 1 aromatic carbocycles. The zero-order valence-electron chi connectivity index (χ0n) is 15.8. The summed E-state index contributed by atoms with van der Waals surface area (Å²) < 4.78 is 15.6. The normalized spacial score (nSPS) is 13.1. The lowest BCUT2D eigenvalue weighted by molar-refractivity contribution is 0.0766. The van der Waals surface area contributed by atoms with E-state index in [0.717, 1.165) is 25.0 Å². The van der Waals surface area contributed by atoms with E-state index in [1.807, 2.05) is 18.4 Å². The molecule has 0 spiro atoms. The third kappa shape index (κ3) is 3.86. The van der Waals surface area contributed by atoms with Crippen LogP contribution in [0.2, 0.25) is 0 Å². The van der Waals surface area contributed by atoms with E-state index in [4.69, 9.17) is 0 Å². The fourth-order valence-electron chi connectivity index (χ4n) is 3.44. The maximum atomic E-state index is 13.8. The summed E-state index contributed by atoms with van der Waals surface area (Å²) in [6, 6.07) is 6.32. The topological polar surface area (TPSA) is 67.2 Å². The van der Waals surface area contributed by atoms with Gasteiger partial charge < -0.3 is 14.8 Å². The number of hydrogen-bond donors (Lipinski definition) is 1. The van der Waals surface area contributed by atoms with Gasteiger partial charge >= 0.3 is 0 Å². The number of hydrogen-bond acceptors (Lipinski definition) is 3. The summed E-state index contributed by atoms with van der Waals surface area (Å²) in [4.78, 5) is 31.6. The minimum atomic E-state index is -0.389. The molecule has 0 atom stereocenters. The van der Waals surface area contributed by atoms with Crippen molar-refractivity contribution in [3.05, 3.63) is 52.9 Å². The first-order valence-corrected chi connectivity index (χ1v) is 9.47. The van der Waals surface area contributed by atoms with Gasteiger partial charge in [-0.1, -0.05) is 18.2 Å². The predicted molar refractivity (Wildman–Crippen MR) is 100.0 cm³/mol. The monoisotopic (exact) mass is 372 g/mol. The minimum absolute atomic E-state index is 0.0764. The van der Waals surface area contributed by atoms with Crippen LogP contribution in [0.3, 0.4) is 0 Å². The van der Waals surface area contributed by atoms with Crippen LogP contribution < -0.4 is 5.32 Å². The molecule has 1 aromatic heterocycles. The maximum Gasteiger partial charge on any atom is 0.287 e. The maximum absolute atomic E-state index is 13.8. The molecule has 1 aliphatic heterocycles. The highest BCUT2D eigenvalue weighted by atomic mass is 19.1. The standard InChI is InChI=1S/C20H25FN4O2/c1-3-24(4-2)20(27)17-16-11-7-8-12-25(16)18(23-17)19(26)22-13-14-9-5-6-10-15(14)21/h5-6,9-10H,3-4,7-8,11-13H2,1-2H3,(H,22,26). The second kappa shape index (κ2) is 8.33. The average molecular weight is 372 g/mol. The Bertz CT molecular complexity index is 843. The first-order chi connectivity index (χ1) is 13.1. The molecule has 0 fully saturated rings. The second-order valence-corrected chi connectivity index (χ2v) is 6.59. The van der Waals surface area contributed by atoms with Crippen LogP contribution in [0.15, 0.2) is 24.3 Å². The van der Waals surface area contributed by atoms with Crippen LogP contribution in [-0.4, -0.2) is 39.4 Å². The lowest BCUT2D eigenvalue weighted by Crippen LogP contribution is -2.31. The van der Waals surface area contributed by atoms with Crippen molar-refractivity contribution < 1.29 is 14.0 Å². The van der Waals surface area contributed by atoms with E-state index in [2.05, 4.69) is 10.3 Å². The summed E-state index contributed by atoms with van der Waals surface area (Å²) in [5.74, 6) is -0.657. The molecule has 7 heteroatoms. The Balaban J connectivity index is 1.85. The number of imidazole rings is 1. The van der Waals surface area contributed by atoms with Gasteiger partial charge in [-0.05, 0) is 39.2 Å². The van der Waals surface area contributed by atoms with Gasteiger partial charge in [-0.3, -0.25) is 9.59 Å². The highest BCUT2D eigenvalue weighted by Crippen LogP contribution is 2.22. The van der Waals surface area contributed by atoms with Gasteiger partial charge in [0.1, 0.15) is 11.5 Å². The van der Waals surface area contributed by atoms with Gasteiger partial charge in [0, 0.05) is 31.7 Å². The van der Waals surface area contributed by atoms with Crippen molar-refractivity contribution in [3.63, 3.8) is 0 Å². The smallest absolute Gasteiger partial charge is 0.287 e. The van der Waals surface area contributed by atoms with E-state index in [9.17, 15) is 14.0 Å². The molecule has 0 saturated heterocycles. The molecule has 0 aliphatic carbocycles. The fraction of sp³-hybridized carbons (Fsp3) is 0.450. The molecule has 2 amide bonds. The van der Waals surface area contributed by atoms with Gasteiger partial charge in [-0.25, -0.2) is 9.37 Å². The third-order valence-corrected chi connectivity index (χ3v) is 4.97. The fourth-order valence-corrected chi connectivity index (χ4v) is 3.44. The third-order valence-electron chi connectivity index (χ3n) is 4.97. The number of aromatic nitrogens is 2. The van der Waals surface area contributed by atoms with Crippen LogP contribution in [0.5, 0.6) is 0 Å². The highest BCUT2D eigenvalue weighted by Gasteiger charge is 2.29. The molecule has 0 unspecified atom stereocenters. The summed E-state index contributed by atoms with van der Waals surface area (Å²) in [6.07, 6.45) is 2.65. The Morgan fingerprint density at radius 1 is 1.22 bits per heavy atom. The lowest BCUT2D eigenvalue weighted by Gasteiger charge is -2.20. The molecule has 0 bridgehead atoms. The summed E-state index contributed by atoms with van der Waals surface area (Å²) in [5, 5.41) is 2.73. The predicted octanol–water partition coefficient (Wildman–Crippen LogP) is 2.77. The summed E-state index contributed by atoms with van der Waals surface area (Å²) in [7, 11) is 0. The SMILES string of the molecule is CCN(CC)C(=O)c1nc(C(=O)NCc2ccccc2F)n2c1CCCC2. The summed E-state index contributed by atoms with van der Waals surface area (Å²) in [5.41, 5.74) is 1.61. The Kier molecular flexibility index (Phi) is 5.88. The number of carbonyl (C=O) groups excluding carboxylic acids is 2. The molecule has 2 heterocycles. The molecule has 27 heavy (non-hydrogen) atoms. The van der Waals surface area contributed by atoms with Crippen LogP contribution in [0, 0.1) is 5.82 Å². The molecule has 3 rings (SSSR count). The number of benzene rings is 1. The molecule has 144 valence electrons. The van der Waals surface area contributed by atoms with E-state index in [0.29, 0.717) is 30.9 Å². The highest BCUT2D eigenvalue weighted by molar-refractivity contribution is 5.97. The average Bonchev–Trinajstić information content (AvgIpc) is 3.08. The molecule has 2 aromatic rings. The van der Waals surface area contributed by atoms with Crippen LogP contribution in [-0.2, 0) is 19.5 Å². The van der Waals surface area contributed by atoms with E-state index in [-0.39, 0.29) is 30.0 Å². The first-order valence-electron chi connectivity index (χ1n) is 9.47. The molecular formula is C20H25FN4O2. The van der Waals surface area contributed by atoms with E-state index in [1.165, 1.54) is 6.07 Å². The summed E-state index contributed by atoms with van der Waals surface area (Å²) in [6.45, 7) is 5.77. The molecule has 1 aliphatic rings. The Morgan fingerprint density at radius 2 is 1.96 bits per heavy atom. The molecular weight excluding hydrogens is 347 g/mol. The molecule has 1 N–H and O–H groups in total. The number of fused-ring (bicyclic) bond motifs is 1. The largest absolute Gasteiger partial charge is 0.345 e.